The maximum Gasteiger partial charge on any atom is 0.277 e. The molecule has 1 aliphatic carbocycles. The molecule has 0 aromatic heterocycles. The predicted octanol–water partition coefficient (Wildman–Crippen LogP) is 2.81. The van der Waals surface area contributed by atoms with Crippen molar-refractivity contribution in [3.8, 4) is 0 Å². The third-order valence-electron chi connectivity index (χ3n) is 2.64. The highest BCUT2D eigenvalue weighted by molar-refractivity contribution is 9.10. The van der Waals surface area contributed by atoms with Crippen LogP contribution in [0.5, 0.6) is 0 Å². The van der Waals surface area contributed by atoms with Crippen LogP contribution in [0.3, 0.4) is 0 Å². The molecule has 1 saturated carbocycles. The summed E-state index contributed by atoms with van der Waals surface area (Å²) in [7, 11) is 0. The van der Waals surface area contributed by atoms with Crippen molar-refractivity contribution in [1.82, 2.24) is 0 Å². The van der Waals surface area contributed by atoms with Gasteiger partial charge in [-0.3, -0.25) is 10.1 Å². The second kappa shape index (κ2) is 2.69. The Morgan fingerprint density at radius 1 is 1.58 bits per heavy atom. The number of rotatable bonds is 1. The van der Waals surface area contributed by atoms with Gasteiger partial charge in [-0.05, 0) is 11.8 Å². The van der Waals surface area contributed by atoms with Gasteiger partial charge < -0.3 is 0 Å². The number of hydrogen-bond acceptors (Lipinski definition) is 2. The minimum absolute atomic E-state index is 0.0932. The average Bonchev–Trinajstić information content (AvgIpc) is 2.03. The van der Waals surface area contributed by atoms with Crippen molar-refractivity contribution >= 4 is 15.9 Å². The van der Waals surface area contributed by atoms with Gasteiger partial charge in [0.1, 0.15) is 0 Å². The molecule has 0 aromatic carbocycles. The van der Waals surface area contributed by atoms with E-state index in [4.69, 9.17) is 0 Å². The Hall–Kier alpha value is -0.120. The number of nitro groups is 1. The first kappa shape index (κ1) is 9.96. The van der Waals surface area contributed by atoms with E-state index in [0.717, 1.165) is 6.42 Å². The van der Waals surface area contributed by atoms with Crippen LogP contribution in [0.1, 0.15) is 33.6 Å². The lowest BCUT2D eigenvalue weighted by atomic mass is 9.91. The van der Waals surface area contributed by atoms with E-state index in [0.29, 0.717) is 6.42 Å². The van der Waals surface area contributed by atoms with Crippen molar-refractivity contribution in [2.75, 3.05) is 0 Å². The van der Waals surface area contributed by atoms with E-state index in [1.807, 2.05) is 6.92 Å². The first-order valence-electron chi connectivity index (χ1n) is 4.11. The monoisotopic (exact) mass is 235 g/mol. The summed E-state index contributed by atoms with van der Waals surface area (Å²) < 4.78 is -0.878. The standard InChI is InChI=1S/C8H14BrNO2/c1-6-4-7(2,3)5-8(6,9)10(11)12/h6H,4-5H2,1-3H3. The van der Waals surface area contributed by atoms with Crippen LogP contribution in [-0.4, -0.2) is 9.37 Å². The maximum atomic E-state index is 10.8. The molecule has 0 heterocycles. The van der Waals surface area contributed by atoms with Crippen LogP contribution in [0.4, 0.5) is 0 Å². The lowest BCUT2D eigenvalue weighted by Gasteiger charge is -2.18. The molecule has 3 nitrogen and oxygen atoms in total. The molecule has 4 heteroatoms. The summed E-state index contributed by atoms with van der Waals surface area (Å²) in [6.45, 7) is 6.10. The summed E-state index contributed by atoms with van der Waals surface area (Å²) in [4.78, 5) is 10.6. The number of halogens is 1. The van der Waals surface area contributed by atoms with Crippen LogP contribution in [0.15, 0.2) is 0 Å². The molecular weight excluding hydrogens is 222 g/mol. The first-order valence-corrected chi connectivity index (χ1v) is 4.91. The molecule has 0 aromatic rings. The minimum Gasteiger partial charge on any atom is -0.263 e. The summed E-state index contributed by atoms with van der Waals surface area (Å²) in [5.74, 6) is 0.113. The molecule has 70 valence electrons. The van der Waals surface area contributed by atoms with Gasteiger partial charge in [0, 0.05) is 33.2 Å². The predicted molar refractivity (Wildman–Crippen MR) is 50.8 cm³/mol. The third-order valence-corrected chi connectivity index (χ3v) is 4.00. The van der Waals surface area contributed by atoms with Crippen molar-refractivity contribution < 1.29 is 4.92 Å². The SMILES string of the molecule is CC1CC(C)(C)CC1(Br)[N+](=O)[O-]. The molecule has 0 radical (unpaired) electrons. The average molecular weight is 236 g/mol. The van der Waals surface area contributed by atoms with Crippen LogP contribution in [-0.2, 0) is 0 Å². The van der Waals surface area contributed by atoms with E-state index < -0.39 is 4.45 Å². The van der Waals surface area contributed by atoms with Gasteiger partial charge >= 0.3 is 0 Å². The lowest BCUT2D eigenvalue weighted by molar-refractivity contribution is -0.542. The number of nitrogens with zero attached hydrogens (tertiary/aromatic N) is 1. The fourth-order valence-electron chi connectivity index (χ4n) is 2.15. The topological polar surface area (TPSA) is 43.1 Å². The Balaban J connectivity index is 2.89. The molecule has 0 aliphatic heterocycles. The fraction of sp³-hybridized carbons (Fsp3) is 1.00. The van der Waals surface area contributed by atoms with Crippen LogP contribution >= 0.6 is 15.9 Å². The summed E-state index contributed by atoms with van der Waals surface area (Å²) >= 11 is 3.25. The highest BCUT2D eigenvalue weighted by Gasteiger charge is 2.56. The Kier molecular flexibility index (Phi) is 2.23. The summed E-state index contributed by atoms with van der Waals surface area (Å²) in [6, 6.07) is 0. The third kappa shape index (κ3) is 1.49. The van der Waals surface area contributed by atoms with Gasteiger partial charge in [-0.15, -0.1) is 0 Å². The molecule has 1 fully saturated rings. The Morgan fingerprint density at radius 2 is 2.08 bits per heavy atom. The molecule has 1 rings (SSSR count). The largest absolute Gasteiger partial charge is 0.277 e. The van der Waals surface area contributed by atoms with Crippen molar-refractivity contribution in [3.63, 3.8) is 0 Å². The van der Waals surface area contributed by atoms with Gasteiger partial charge in [0.15, 0.2) is 0 Å². The fourth-order valence-corrected chi connectivity index (χ4v) is 3.07. The van der Waals surface area contributed by atoms with E-state index in [-0.39, 0.29) is 16.3 Å². The van der Waals surface area contributed by atoms with Gasteiger partial charge in [0.2, 0.25) is 0 Å². The van der Waals surface area contributed by atoms with Gasteiger partial charge in [0.05, 0.1) is 0 Å². The van der Waals surface area contributed by atoms with Crippen LogP contribution in [0.2, 0.25) is 0 Å². The van der Waals surface area contributed by atoms with Crippen molar-refractivity contribution in [1.29, 1.82) is 0 Å². The minimum atomic E-state index is -0.878. The first-order chi connectivity index (χ1) is 5.28. The van der Waals surface area contributed by atoms with Crippen LogP contribution in [0, 0.1) is 21.4 Å². The highest BCUT2D eigenvalue weighted by Crippen LogP contribution is 2.52. The molecule has 0 spiro atoms. The molecular formula is C8H14BrNO2. The van der Waals surface area contributed by atoms with Crippen LogP contribution in [0.25, 0.3) is 0 Å². The highest BCUT2D eigenvalue weighted by atomic mass is 79.9. The van der Waals surface area contributed by atoms with E-state index in [2.05, 4.69) is 29.8 Å². The summed E-state index contributed by atoms with van der Waals surface area (Å²) in [6.07, 6.45) is 1.54. The zero-order valence-electron chi connectivity index (χ0n) is 7.63. The molecule has 1 aliphatic rings. The Morgan fingerprint density at radius 3 is 2.25 bits per heavy atom. The second-order valence-electron chi connectivity index (χ2n) is 4.52. The van der Waals surface area contributed by atoms with Gasteiger partial charge in [-0.25, -0.2) is 0 Å². The molecule has 12 heavy (non-hydrogen) atoms. The molecule has 0 bridgehead atoms. The van der Waals surface area contributed by atoms with Gasteiger partial charge in [0.25, 0.3) is 4.45 Å². The Bertz CT molecular complexity index is 217. The van der Waals surface area contributed by atoms with E-state index in [1.165, 1.54) is 0 Å². The zero-order valence-corrected chi connectivity index (χ0v) is 9.22. The smallest absolute Gasteiger partial charge is 0.263 e. The second-order valence-corrected chi connectivity index (χ2v) is 5.90. The van der Waals surface area contributed by atoms with Crippen LogP contribution < -0.4 is 0 Å². The van der Waals surface area contributed by atoms with Gasteiger partial charge in [-0.2, -0.15) is 0 Å². The summed E-state index contributed by atoms with van der Waals surface area (Å²) in [5, 5.41) is 10.8. The molecule has 2 unspecified atom stereocenters. The van der Waals surface area contributed by atoms with Crippen molar-refractivity contribution in [3.05, 3.63) is 10.1 Å². The maximum absolute atomic E-state index is 10.8. The van der Waals surface area contributed by atoms with E-state index in [1.54, 1.807) is 0 Å². The Labute approximate surface area is 80.8 Å². The van der Waals surface area contributed by atoms with Crippen molar-refractivity contribution in [2.45, 2.75) is 38.1 Å². The van der Waals surface area contributed by atoms with E-state index in [9.17, 15) is 10.1 Å². The summed E-state index contributed by atoms with van der Waals surface area (Å²) in [5.41, 5.74) is 0.0932. The number of hydrogen-bond donors (Lipinski definition) is 0. The van der Waals surface area contributed by atoms with E-state index >= 15 is 0 Å². The quantitative estimate of drug-likeness (QED) is 0.304. The zero-order chi connectivity index (χ0) is 9.57. The molecule has 0 amide bonds. The number of alkyl halides is 1. The van der Waals surface area contributed by atoms with Crippen molar-refractivity contribution in [2.24, 2.45) is 11.3 Å². The van der Waals surface area contributed by atoms with Gasteiger partial charge in [-0.1, -0.05) is 20.8 Å². The molecule has 0 N–H and O–H groups in total. The molecule has 2 atom stereocenters. The lowest BCUT2D eigenvalue weighted by Crippen LogP contribution is -2.34. The normalized spacial score (nSPS) is 39.8. The molecule has 0 saturated heterocycles.